The summed E-state index contributed by atoms with van der Waals surface area (Å²) in [4.78, 5) is 16.7. The Kier molecular flexibility index (Phi) is 8.04. The molecule has 0 saturated carbocycles. The van der Waals surface area contributed by atoms with Crippen molar-refractivity contribution < 1.29 is 22.0 Å². The second-order valence-corrected chi connectivity index (χ2v) is 9.81. The molecule has 3 rings (SSSR count). The van der Waals surface area contributed by atoms with Crippen LogP contribution in [0.25, 0.3) is 0 Å². The first-order valence-electron chi connectivity index (χ1n) is 11.0. The molecule has 0 aromatic heterocycles. The molecule has 1 amide bonds. The second kappa shape index (κ2) is 10.6. The third kappa shape index (κ3) is 6.07. The number of piperazine rings is 1. The molecule has 0 radical (unpaired) electrons. The Morgan fingerprint density at radius 2 is 1.73 bits per heavy atom. The van der Waals surface area contributed by atoms with Crippen molar-refractivity contribution in [2.45, 2.75) is 37.8 Å². The minimum atomic E-state index is -4.23. The van der Waals surface area contributed by atoms with Gasteiger partial charge in [-0.3, -0.25) is 4.79 Å². The summed E-state index contributed by atoms with van der Waals surface area (Å²) >= 11 is 0. The quantitative estimate of drug-likeness (QED) is 0.607. The van der Waals surface area contributed by atoms with Gasteiger partial charge >= 0.3 is 0 Å². The van der Waals surface area contributed by atoms with Gasteiger partial charge < -0.3 is 15.1 Å². The fourth-order valence-electron chi connectivity index (χ4n) is 3.89. The minimum Gasteiger partial charge on any atom is -0.369 e. The first-order chi connectivity index (χ1) is 15.6. The number of carbonyl (C=O) groups is 1. The SMILES string of the molecule is CCN1CCN(c2ccc(F)cc2C(C)NC(=O)[C@H](C)NS(=O)(=O)c2ccccc2F)CC1. The van der Waals surface area contributed by atoms with Crippen LogP contribution < -0.4 is 14.9 Å². The van der Waals surface area contributed by atoms with E-state index in [0.717, 1.165) is 50.5 Å². The summed E-state index contributed by atoms with van der Waals surface area (Å²) in [6, 6.07) is 7.69. The van der Waals surface area contributed by atoms with Crippen LogP contribution in [0.2, 0.25) is 0 Å². The molecular weight excluding hydrogens is 450 g/mol. The molecule has 0 spiro atoms. The smallest absolute Gasteiger partial charge is 0.244 e. The number of sulfonamides is 1. The monoisotopic (exact) mass is 480 g/mol. The van der Waals surface area contributed by atoms with Crippen LogP contribution in [0.1, 0.15) is 32.4 Å². The molecule has 0 bridgehead atoms. The molecule has 1 heterocycles. The summed E-state index contributed by atoms with van der Waals surface area (Å²) in [5.41, 5.74) is 1.44. The summed E-state index contributed by atoms with van der Waals surface area (Å²) in [5.74, 6) is -1.93. The fraction of sp³-hybridized carbons (Fsp3) is 0.435. The van der Waals surface area contributed by atoms with Crippen molar-refractivity contribution >= 4 is 21.6 Å². The van der Waals surface area contributed by atoms with Gasteiger partial charge in [0.05, 0.1) is 12.1 Å². The van der Waals surface area contributed by atoms with Crippen molar-refractivity contribution in [1.82, 2.24) is 14.9 Å². The highest BCUT2D eigenvalue weighted by Crippen LogP contribution is 2.28. The third-order valence-corrected chi connectivity index (χ3v) is 7.40. The fourth-order valence-corrected chi connectivity index (χ4v) is 5.18. The number of rotatable bonds is 8. The van der Waals surface area contributed by atoms with Crippen molar-refractivity contribution in [3.05, 3.63) is 59.7 Å². The second-order valence-electron chi connectivity index (χ2n) is 8.13. The van der Waals surface area contributed by atoms with Crippen molar-refractivity contribution in [1.29, 1.82) is 0 Å². The molecule has 7 nitrogen and oxygen atoms in total. The Bertz CT molecular complexity index is 1090. The third-order valence-electron chi connectivity index (χ3n) is 5.83. The van der Waals surface area contributed by atoms with Gasteiger partial charge in [0.1, 0.15) is 16.5 Å². The van der Waals surface area contributed by atoms with Crippen LogP contribution in [0.3, 0.4) is 0 Å². The molecule has 1 aliphatic heterocycles. The van der Waals surface area contributed by atoms with Gasteiger partial charge in [0.2, 0.25) is 15.9 Å². The maximum atomic E-state index is 14.1. The molecular formula is C23H30F2N4O3S. The van der Waals surface area contributed by atoms with E-state index in [1.54, 1.807) is 13.0 Å². The summed E-state index contributed by atoms with van der Waals surface area (Å²) in [7, 11) is -4.23. The number of hydrogen-bond acceptors (Lipinski definition) is 5. The van der Waals surface area contributed by atoms with Gasteiger partial charge in [-0.1, -0.05) is 19.1 Å². The van der Waals surface area contributed by atoms with Crippen molar-refractivity contribution in [3.63, 3.8) is 0 Å². The largest absolute Gasteiger partial charge is 0.369 e. The van der Waals surface area contributed by atoms with Crippen LogP contribution in [-0.4, -0.2) is 58.0 Å². The molecule has 1 unspecified atom stereocenters. The predicted molar refractivity (Wildman–Crippen MR) is 123 cm³/mol. The number of benzene rings is 2. The zero-order valence-electron chi connectivity index (χ0n) is 19.0. The lowest BCUT2D eigenvalue weighted by atomic mass is 10.0. The van der Waals surface area contributed by atoms with Crippen LogP contribution >= 0.6 is 0 Å². The summed E-state index contributed by atoms with van der Waals surface area (Å²) < 4.78 is 55.2. The molecule has 1 saturated heterocycles. The van der Waals surface area contributed by atoms with E-state index in [1.165, 1.54) is 31.2 Å². The van der Waals surface area contributed by atoms with E-state index in [1.807, 2.05) is 0 Å². The molecule has 2 aromatic carbocycles. The normalized spacial score (nSPS) is 16.9. The molecule has 2 aromatic rings. The number of carbonyl (C=O) groups excluding carboxylic acids is 1. The van der Waals surface area contributed by atoms with E-state index >= 15 is 0 Å². The number of likely N-dealkylation sites (N-methyl/N-ethyl adjacent to an activating group) is 1. The Balaban J connectivity index is 1.72. The maximum Gasteiger partial charge on any atom is 0.244 e. The molecule has 0 aliphatic carbocycles. The van der Waals surface area contributed by atoms with E-state index < -0.39 is 44.5 Å². The number of anilines is 1. The number of nitrogens with one attached hydrogen (secondary N) is 2. The molecule has 1 aliphatic rings. The molecule has 2 N–H and O–H groups in total. The molecule has 33 heavy (non-hydrogen) atoms. The highest BCUT2D eigenvalue weighted by atomic mass is 32.2. The average Bonchev–Trinajstić information content (AvgIpc) is 2.79. The molecule has 10 heteroatoms. The average molecular weight is 481 g/mol. The molecule has 1 fully saturated rings. The van der Waals surface area contributed by atoms with Gasteiger partial charge in [0, 0.05) is 37.4 Å². The van der Waals surface area contributed by atoms with Crippen LogP contribution in [0.5, 0.6) is 0 Å². The van der Waals surface area contributed by atoms with Crippen LogP contribution in [0.15, 0.2) is 47.4 Å². The zero-order valence-corrected chi connectivity index (χ0v) is 19.8. The first-order valence-corrected chi connectivity index (χ1v) is 12.4. The van der Waals surface area contributed by atoms with Crippen LogP contribution in [-0.2, 0) is 14.8 Å². The lowest BCUT2D eigenvalue weighted by molar-refractivity contribution is -0.123. The van der Waals surface area contributed by atoms with Gasteiger partial charge in [0.15, 0.2) is 0 Å². The first kappa shape index (κ1) is 25.1. The Hall–Kier alpha value is -2.56. The maximum absolute atomic E-state index is 14.1. The van der Waals surface area contributed by atoms with Crippen molar-refractivity contribution in [3.8, 4) is 0 Å². The molecule has 180 valence electrons. The topological polar surface area (TPSA) is 81.8 Å². The summed E-state index contributed by atoms with van der Waals surface area (Å²) in [6.45, 7) is 9.52. The van der Waals surface area contributed by atoms with Crippen LogP contribution in [0, 0.1) is 11.6 Å². The lowest BCUT2D eigenvalue weighted by Crippen LogP contribution is -2.47. The van der Waals surface area contributed by atoms with E-state index in [-0.39, 0.29) is 0 Å². The minimum absolute atomic E-state index is 0.421. The van der Waals surface area contributed by atoms with E-state index in [0.29, 0.717) is 5.56 Å². The molecule has 2 atom stereocenters. The van der Waals surface area contributed by atoms with E-state index in [2.05, 4.69) is 26.8 Å². The number of amides is 1. The zero-order chi connectivity index (χ0) is 24.2. The Morgan fingerprint density at radius 3 is 2.36 bits per heavy atom. The Morgan fingerprint density at radius 1 is 1.06 bits per heavy atom. The van der Waals surface area contributed by atoms with E-state index in [4.69, 9.17) is 0 Å². The van der Waals surface area contributed by atoms with Gasteiger partial charge in [0.25, 0.3) is 0 Å². The summed E-state index contributed by atoms with van der Waals surface area (Å²) in [6.07, 6.45) is 0. The summed E-state index contributed by atoms with van der Waals surface area (Å²) in [5, 5.41) is 2.75. The number of halogens is 2. The lowest BCUT2D eigenvalue weighted by Gasteiger charge is -2.37. The van der Waals surface area contributed by atoms with Crippen LogP contribution in [0.4, 0.5) is 14.5 Å². The standard InChI is InChI=1S/C23H30F2N4O3S/c1-4-28-11-13-29(14-12-28)21-10-9-18(24)15-19(21)16(2)26-23(30)17(3)27-33(31,32)22-8-6-5-7-20(22)25/h5-10,15-17,27H,4,11-14H2,1-3H3,(H,26,30)/t16?,17-/m0/s1. The Labute approximate surface area is 193 Å². The van der Waals surface area contributed by atoms with Gasteiger partial charge in [-0.15, -0.1) is 0 Å². The predicted octanol–water partition coefficient (Wildman–Crippen LogP) is 2.65. The van der Waals surface area contributed by atoms with Crippen molar-refractivity contribution in [2.24, 2.45) is 0 Å². The van der Waals surface area contributed by atoms with E-state index in [9.17, 15) is 22.0 Å². The number of hydrogen-bond donors (Lipinski definition) is 2. The highest BCUT2D eigenvalue weighted by molar-refractivity contribution is 7.89. The van der Waals surface area contributed by atoms with Gasteiger partial charge in [-0.25, -0.2) is 17.2 Å². The highest BCUT2D eigenvalue weighted by Gasteiger charge is 2.27. The van der Waals surface area contributed by atoms with Gasteiger partial charge in [-0.2, -0.15) is 4.72 Å². The number of nitrogens with zero attached hydrogens (tertiary/aromatic N) is 2. The van der Waals surface area contributed by atoms with Gasteiger partial charge in [-0.05, 0) is 50.7 Å². The van der Waals surface area contributed by atoms with Crippen molar-refractivity contribution in [2.75, 3.05) is 37.6 Å².